The summed E-state index contributed by atoms with van der Waals surface area (Å²) in [6, 6.07) is 0. The normalized spacial score (nSPS) is 13.5. The van der Waals surface area contributed by atoms with E-state index in [1.807, 2.05) is 0 Å². The Morgan fingerprint density at radius 1 is 1.50 bits per heavy atom. The van der Waals surface area contributed by atoms with Crippen LogP contribution in [0.1, 0.15) is 0 Å². The van der Waals surface area contributed by atoms with Crippen molar-refractivity contribution in [3.63, 3.8) is 0 Å². The molecule has 0 aliphatic carbocycles. The molecule has 0 amide bonds. The minimum absolute atomic E-state index is 0.685. The molecule has 0 aromatic heterocycles. The first-order chi connectivity index (χ1) is 4.72. The third-order valence-corrected chi connectivity index (χ3v) is 0.594. The Morgan fingerprint density at radius 2 is 2.10 bits per heavy atom. The fraction of sp³-hybridized carbons (Fsp3) is 0.200. The smallest absolute Gasteiger partial charge is 0.248 e. The number of aliphatic imine (C=N–C) groups is 2. The number of allylic oxidation sites excluding steroid dienone is 1. The number of hydrogen-bond donors (Lipinski definition) is 0. The standard InChI is InChI=1S/C5H5F3N2/c1-9-3-10-5(8)4(7)2-6/h3H,1-2H2/b5-4+,10-3-. The highest BCUT2D eigenvalue weighted by Gasteiger charge is 2.01. The van der Waals surface area contributed by atoms with E-state index in [0.29, 0.717) is 6.34 Å². The Bertz CT molecular complexity index is 174. The van der Waals surface area contributed by atoms with Gasteiger partial charge in [0.1, 0.15) is 13.0 Å². The highest BCUT2D eigenvalue weighted by atomic mass is 19.2. The van der Waals surface area contributed by atoms with Crippen LogP contribution in [0.2, 0.25) is 0 Å². The van der Waals surface area contributed by atoms with Gasteiger partial charge in [0.05, 0.1) is 0 Å². The molecule has 0 aliphatic rings. The lowest BCUT2D eigenvalue weighted by Crippen LogP contribution is -1.80. The third-order valence-electron chi connectivity index (χ3n) is 0.594. The maximum absolute atomic E-state index is 12.0. The highest BCUT2D eigenvalue weighted by Crippen LogP contribution is 2.08. The molecule has 0 spiro atoms. The van der Waals surface area contributed by atoms with Gasteiger partial charge in [-0.2, -0.15) is 4.39 Å². The second-order valence-electron chi connectivity index (χ2n) is 1.26. The Hall–Kier alpha value is -1.13. The summed E-state index contributed by atoms with van der Waals surface area (Å²) in [5.74, 6) is -3.05. The van der Waals surface area contributed by atoms with Crippen molar-refractivity contribution in [1.82, 2.24) is 0 Å². The molecule has 0 N–H and O–H groups in total. The van der Waals surface area contributed by atoms with Crippen molar-refractivity contribution in [2.45, 2.75) is 0 Å². The molecule has 0 bridgehead atoms. The predicted molar refractivity (Wildman–Crippen MR) is 33.3 cm³/mol. The molecular formula is C5H5F3N2. The fourth-order valence-corrected chi connectivity index (χ4v) is 0.217. The zero-order chi connectivity index (χ0) is 7.98. The minimum atomic E-state index is -1.54. The topological polar surface area (TPSA) is 24.7 Å². The van der Waals surface area contributed by atoms with Crippen LogP contribution in [-0.2, 0) is 0 Å². The van der Waals surface area contributed by atoms with Crippen LogP contribution in [0.25, 0.3) is 0 Å². The van der Waals surface area contributed by atoms with Crippen molar-refractivity contribution in [3.05, 3.63) is 11.8 Å². The van der Waals surface area contributed by atoms with Crippen molar-refractivity contribution in [3.8, 4) is 0 Å². The van der Waals surface area contributed by atoms with E-state index in [2.05, 4.69) is 16.7 Å². The molecule has 0 saturated carbocycles. The largest absolute Gasteiger partial charge is 0.253 e. The van der Waals surface area contributed by atoms with E-state index >= 15 is 0 Å². The van der Waals surface area contributed by atoms with Gasteiger partial charge in [-0.1, -0.05) is 0 Å². The molecule has 0 fully saturated rings. The third kappa shape index (κ3) is 3.01. The molecule has 0 radical (unpaired) electrons. The molecule has 5 heteroatoms. The zero-order valence-corrected chi connectivity index (χ0v) is 5.02. The second-order valence-corrected chi connectivity index (χ2v) is 1.26. The lowest BCUT2D eigenvalue weighted by molar-refractivity contribution is 0.426. The van der Waals surface area contributed by atoms with E-state index in [9.17, 15) is 13.2 Å². The summed E-state index contributed by atoms with van der Waals surface area (Å²) >= 11 is 0. The Labute approximate surface area is 55.8 Å². The first kappa shape index (κ1) is 8.87. The SMILES string of the molecule is C=N/C=N\C(F)=C(\F)CF. The molecule has 0 saturated heterocycles. The van der Waals surface area contributed by atoms with Crippen LogP contribution in [-0.4, -0.2) is 19.7 Å². The van der Waals surface area contributed by atoms with Crippen LogP contribution >= 0.6 is 0 Å². The van der Waals surface area contributed by atoms with Gasteiger partial charge >= 0.3 is 0 Å². The van der Waals surface area contributed by atoms with Gasteiger partial charge in [0.2, 0.25) is 5.95 Å². The van der Waals surface area contributed by atoms with Crippen molar-refractivity contribution in [2.75, 3.05) is 6.67 Å². The Morgan fingerprint density at radius 3 is 2.50 bits per heavy atom. The minimum Gasteiger partial charge on any atom is -0.253 e. The number of nitrogens with zero attached hydrogens (tertiary/aromatic N) is 2. The first-order valence-corrected chi connectivity index (χ1v) is 2.31. The zero-order valence-electron chi connectivity index (χ0n) is 5.02. The molecule has 0 atom stereocenters. The maximum Gasteiger partial charge on any atom is 0.248 e. The summed E-state index contributed by atoms with van der Waals surface area (Å²) in [5.41, 5.74) is 0. The van der Waals surface area contributed by atoms with Gasteiger partial charge in [-0.15, -0.1) is 0 Å². The summed E-state index contributed by atoms with van der Waals surface area (Å²) in [5, 5.41) is 0. The Kier molecular flexibility index (Phi) is 4.19. The van der Waals surface area contributed by atoms with E-state index < -0.39 is 18.5 Å². The highest BCUT2D eigenvalue weighted by molar-refractivity contribution is 5.62. The van der Waals surface area contributed by atoms with Crippen LogP contribution in [0.3, 0.4) is 0 Å². The number of halogens is 3. The Balaban J connectivity index is 4.17. The van der Waals surface area contributed by atoms with Gasteiger partial charge in [0.25, 0.3) is 0 Å². The van der Waals surface area contributed by atoms with Crippen LogP contribution in [0.5, 0.6) is 0 Å². The average Bonchev–Trinajstić information content (AvgIpc) is 1.98. The van der Waals surface area contributed by atoms with Crippen LogP contribution in [0.15, 0.2) is 21.8 Å². The van der Waals surface area contributed by atoms with E-state index in [-0.39, 0.29) is 0 Å². The van der Waals surface area contributed by atoms with Gasteiger partial charge in [-0.05, 0) is 6.72 Å². The summed E-state index contributed by atoms with van der Waals surface area (Å²) in [7, 11) is 0. The second kappa shape index (κ2) is 4.72. The van der Waals surface area contributed by atoms with Gasteiger partial charge in [0.15, 0.2) is 5.83 Å². The van der Waals surface area contributed by atoms with Crippen LogP contribution in [0.4, 0.5) is 13.2 Å². The van der Waals surface area contributed by atoms with Crippen molar-refractivity contribution < 1.29 is 13.2 Å². The lowest BCUT2D eigenvalue weighted by atomic mass is 10.6. The predicted octanol–water partition coefficient (Wildman–Crippen LogP) is 1.79. The molecule has 10 heavy (non-hydrogen) atoms. The van der Waals surface area contributed by atoms with Gasteiger partial charge in [-0.25, -0.2) is 13.8 Å². The monoisotopic (exact) mass is 150 g/mol. The van der Waals surface area contributed by atoms with Crippen molar-refractivity contribution in [1.29, 1.82) is 0 Å². The number of alkyl halides is 1. The van der Waals surface area contributed by atoms with E-state index in [1.165, 1.54) is 0 Å². The quantitative estimate of drug-likeness (QED) is 0.333. The van der Waals surface area contributed by atoms with Crippen LogP contribution in [0, 0.1) is 0 Å². The molecule has 0 aromatic rings. The fourth-order valence-electron chi connectivity index (χ4n) is 0.217. The molecule has 0 aliphatic heterocycles. The van der Waals surface area contributed by atoms with Gasteiger partial charge in [0, 0.05) is 0 Å². The molecule has 0 aromatic carbocycles. The van der Waals surface area contributed by atoms with Crippen molar-refractivity contribution in [2.24, 2.45) is 9.98 Å². The summed E-state index contributed by atoms with van der Waals surface area (Å²) in [4.78, 5) is 5.74. The van der Waals surface area contributed by atoms with E-state index in [4.69, 9.17) is 0 Å². The van der Waals surface area contributed by atoms with Crippen molar-refractivity contribution >= 4 is 13.1 Å². The van der Waals surface area contributed by atoms with Gasteiger partial charge in [-0.3, -0.25) is 4.99 Å². The maximum atomic E-state index is 12.0. The molecule has 0 rings (SSSR count). The number of hydrogen-bond acceptors (Lipinski definition) is 1. The van der Waals surface area contributed by atoms with Crippen LogP contribution < -0.4 is 0 Å². The van der Waals surface area contributed by atoms with E-state index in [0.717, 1.165) is 0 Å². The van der Waals surface area contributed by atoms with Gasteiger partial charge < -0.3 is 0 Å². The summed E-state index contributed by atoms with van der Waals surface area (Å²) in [6.07, 6.45) is 0.685. The molecule has 2 nitrogen and oxygen atoms in total. The molecule has 0 unspecified atom stereocenters. The molecular weight excluding hydrogens is 145 g/mol. The first-order valence-electron chi connectivity index (χ1n) is 2.31. The average molecular weight is 150 g/mol. The van der Waals surface area contributed by atoms with E-state index in [1.54, 1.807) is 0 Å². The lowest BCUT2D eigenvalue weighted by Gasteiger charge is -1.85. The summed E-state index contributed by atoms with van der Waals surface area (Å²) < 4.78 is 35.0. The molecule has 0 heterocycles. The molecule has 56 valence electrons. The summed E-state index contributed by atoms with van der Waals surface area (Å²) in [6.45, 7) is 1.41. The number of rotatable bonds is 3.